The molecule has 1 saturated heterocycles. The first-order valence-corrected chi connectivity index (χ1v) is 8.94. The van der Waals surface area contributed by atoms with Crippen LogP contribution in [0.1, 0.15) is 21.6 Å². The molecule has 2 aromatic heterocycles. The number of methoxy groups -OCH3 is 1. The number of fused-ring (bicyclic) bond motifs is 1. The van der Waals surface area contributed by atoms with E-state index in [1.54, 1.807) is 18.0 Å². The smallest absolute Gasteiger partial charge is 0.257 e. The van der Waals surface area contributed by atoms with Crippen LogP contribution >= 0.6 is 0 Å². The van der Waals surface area contributed by atoms with Crippen molar-refractivity contribution in [3.8, 4) is 5.75 Å². The van der Waals surface area contributed by atoms with Gasteiger partial charge >= 0.3 is 0 Å². The van der Waals surface area contributed by atoms with Crippen molar-refractivity contribution < 1.29 is 9.53 Å². The zero-order valence-electron chi connectivity index (χ0n) is 15.7. The lowest BCUT2D eigenvalue weighted by Crippen LogP contribution is -2.49. The maximum absolute atomic E-state index is 12.9. The molecule has 1 amide bonds. The predicted octanol–water partition coefficient (Wildman–Crippen LogP) is 1.71. The van der Waals surface area contributed by atoms with E-state index in [0.29, 0.717) is 24.4 Å². The van der Waals surface area contributed by atoms with E-state index in [1.165, 1.54) is 0 Å². The molecule has 140 valence electrons. The summed E-state index contributed by atoms with van der Waals surface area (Å²) in [5.74, 6) is 0.609. The highest BCUT2D eigenvalue weighted by atomic mass is 16.5. The van der Waals surface area contributed by atoms with Gasteiger partial charge in [-0.2, -0.15) is 9.61 Å². The average molecular weight is 366 g/mol. The molecule has 0 bridgehead atoms. The molecule has 0 radical (unpaired) electrons. The molecule has 0 spiro atoms. The van der Waals surface area contributed by atoms with Crippen LogP contribution in [0.4, 0.5) is 5.69 Å². The van der Waals surface area contributed by atoms with Gasteiger partial charge < -0.3 is 14.5 Å². The third kappa shape index (κ3) is 2.97. The average Bonchev–Trinajstić information content (AvgIpc) is 3.16. The molecule has 4 rings (SSSR count). The number of ether oxygens (including phenoxy) is 1. The van der Waals surface area contributed by atoms with Gasteiger partial charge in [0.05, 0.1) is 24.1 Å². The van der Waals surface area contributed by atoms with Gasteiger partial charge in [0.2, 0.25) is 5.65 Å². The molecule has 0 atom stereocenters. The summed E-state index contributed by atoms with van der Waals surface area (Å²) in [4.78, 5) is 17.0. The van der Waals surface area contributed by atoms with Crippen molar-refractivity contribution in [2.24, 2.45) is 0 Å². The summed E-state index contributed by atoms with van der Waals surface area (Å²) in [5, 5.41) is 12.7. The minimum atomic E-state index is 0.00218. The Morgan fingerprint density at radius 3 is 2.59 bits per heavy atom. The van der Waals surface area contributed by atoms with Crippen molar-refractivity contribution in [2.45, 2.75) is 13.8 Å². The summed E-state index contributed by atoms with van der Waals surface area (Å²) < 4.78 is 7.05. The topological polar surface area (TPSA) is 75.9 Å². The van der Waals surface area contributed by atoms with Gasteiger partial charge in [-0.25, -0.2) is 0 Å². The Morgan fingerprint density at radius 1 is 1.11 bits per heavy atom. The van der Waals surface area contributed by atoms with Gasteiger partial charge in [-0.1, -0.05) is 12.1 Å². The summed E-state index contributed by atoms with van der Waals surface area (Å²) in [6.45, 7) is 6.77. The number of nitrogens with zero attached hydrogens (tertiary/aromatic N) is 6. The lowest BCUT2D eigenvalue weighted by Gasteiger charge is -2.37. The zero-order valence-corrected chi connectivity index (χ0v) is 15.7. The first kappa shape index (κ1) is 17.3. The lowest BCUT2D eigenvalue weighted by molar-refractivity contribution is 0.0743. The molecule has 3 aromatic rings. The Morgan fingerprint density at radius 2 is 1.85 bits per heavy atom. The second-order valence-electron chi connectivity index (χ2n) is 6.64. The number of carbonyl (C=O) groups is 1. The highest BCUT2D eigenvalue weighted by Gasteiger charge is 2.27. The van der Waals surface area contributed by atoms with Gasteiger partial charge in [-0.15, -0.1) is 10.2 Å². The second-order valence-corrected chi connectivity index (χ2v) is 6.64. The number of aryl methyl sites for hydroxylation is 1. The van der Waals surface area contributed by atoms with Crippen LogP contribution in [-0.4, -0.2) is 63.9 Å². The lowest BCUT2D eigenvalue weighted by atomic mass is 10.1. The van der Waals surface area contributed by atoms with Crippen molar-refractivity contribution in [1.82, 2.24) is 24.7 Å². The van der Waals surface area contributed by atoms with Gasteiger partial charge in [0.1, 0.15) is 12.1 Å². The number of piperazine rings is 1. The summed E-state index contributed by atoms with van der Waals surface area (Å²) in [5.41, 5.74) is 4.45. The van der Waals surface area contributed by atoms with Crippen LogP contribution < -0.4 is 9.64 Å². The van der Waals surface area contributed by atoms with E-state index in [-0.39, 0.29) is 5.91 Å². The fourth-order valence-electron chi connectivity index (χ4n) is 3.54. The van der Waals surface area contributed by atoms with Gasteiger partial charge in [0, 0.05) is 26.2 Å². The summed E-state index contributed by atoms with van der Waals surface area (Å²) in [7, 11) is 1.59. The third-order valence-corrected chi connectivity index (χ3v) is 5.12. The molecule has 0 unspecified atom stereocenters. The number of anilines is 1. The molecule has 3 heterocycles. The van der Waals surface area contributed by atoms with Crippen LogP contribution in [0.5, 0.6) is 5.75 Å². The SMILES string of the molecule is COc1ccccc1C(=O)N1CCN(c2c(C)c(C)nn3cnnc23)CC1. The van der Waals surface area contributed by atoms with Crippen molar-refractivity contribution in [1.29, 1.82) is 0 Å². The van der Waals surface area contributed by atoms with Crippen LogP contribution in [0.15, 0.2) is 30.6 Å². The van der Waals surface area contributed by atoms with E-state index in [1.807, 2.05) is 36.1 Å². The minimum Gasteiger partial charge on any atom is -0.496 e. The second kappa shape index (κ2) is 6.86. The number of aromatic nitrogens is 4. The molecule has 1 aromatic carbocycles. The largest absolute Gasteiger partial charge is 0.496 e. The standard InChI is InChI=1S/C19H22N6O2/c1-13-14(2)22-25-12-20-21-18(25)17(13)23-8-10-24(11-9-23)19(26)15-6-4-5-7-16(15)27-3/h4-7,12H,8-11H2,1-3H3. The Bertz CT molecular complexity index is 991. The number of carbonyl (C=O) groups excluding carboxylic acids is 1. The zero-order chi connectivity index (χ0) is 19.0. The molecule has 0 aliphatic carbocycles. The summed E-state index contributed by atoms with van der Waals surface area (Å²) >= 11 is 0. The van der Waals surface area contributed by atoms with Crippen LogP contribution in [0.3, 0.4) is 0 Å². The summed E-state index contributed by atoms with van der Waals surface area (Å²) in [6, 6.07) is 7.35. The summed E-state index contributed by atoms with van der Waals surface area (Å²) in [6.07, 6.45) is 1.62. The molecular formula is C19H22N6O2. The van der Waals surface area contributed by atoms with Crippen molar-refractivity contribution in [3.05, 3.63) is 47.4 Å². The van der Waals surface area contributed by atoms with Gasteiger partial charge in [0.15, 0.2) is 0 Å². The van der Waals surface area contributed by atoms with E-state index in [2.05, 4.69) is 27.1 Å². The molecular weight excluding hydrogens is 344 g/mol. The predicted molar refractivity (Wildman–Crippen MR) is 101 cm³/mol. The number of amides is 1. The maximum Gasteiger partial charge on any atom is 0.257 e. The van der Waals surface area contributed by atoms with Crippen LogP contribution in [0.2, 0.25) is 0 Å². The molecule has 27 heavy (non-hydrogen) atoms. The molecule has 1 aliphatic heterocycles. The molecule has 0 saturated carbocycles. The van der Waals surface area contributed by atoms with Crippen molar-refractivity contribution >= 4 is 17.2 Å². The molecule has 1 fully saturated rings. The van der Waals surface area contributed by atoms with E-state index >= 15 is 0 Å². The van der Waals surface area contributed by atoms with E-state index in [0.717, 1.165) is 35.7 Å². The van der Waals surface area contributed by atoms with Crippen LogP contribution in [-0.2, 0) is 0 Å². The van der Waals surface area contributed by atoms with E-state index in [9.17, 15) is 4.79 Å². The van der Waals surface area contributed by atoms with Crippen molar-refractivity contribution in [2.75, 3.05) is 38.2 Å². The molecule has 8 heteroatoms. The highest BCUT2D eigenvalue weighted by Crippen LogP contribution is 2.28. The van der Waals surface area contributed by atoms with Gasteiger partial charge in [-0.3, -0.25) is 4.79 Å². The number of benzene rings is 1. The molecule has 1 aliphatic rings. The minimum absolute atomic E-state index is 0.00218. The van der Waals surface area contributed by atoms with Crippen molar-refractivity contribution in [3.63, 3.8) is 0 Å². The number of hydrogen-bond donors (Lipinski definition) is 0. The fourth-order valence-corrected chi connectivity index (χ4v) is 3.54. The maximum atomic E-state index is 12.9. The third-order valence-electron chi connectivity index (χ3n) is 5.12. The Balaban J connectivity index is 1.56. The first-order chi connectivity index (χ1) is 13.1. The number of para-hydroxylation sites is 1. The Labute approximate surface area is 157 Å². The van der Waals surface area contributed by atoms with Gasteiger partial charge in [0.25, 0.3) is 5.91 Å². The monoisotopic (exact) mass is 366 g/mol. The Kier molecular flexibility index (Phi) is 4.39. The quantitative estimate of drug-likeness (QED) is 0.702. The molecule has 8 nitrogen and oxygen atoms in total. The number of rotatable bonds is 3. The van der Waals surface area contributed by atoms with Crippen LogP contribution in [0.25, 0.3) is 5.65 Å². The fraction of sp³-hybridized carbons (Fsp3) is 0.368. The Hall–Kier alpha value is -3.16. The number of hydrogen-bond acceptors (Lipinski definition) is 6. The van der Waals surface area contributed by atoms with E-state index < -0.39 is 0 Å². The van der Waals surface area contributed by atoms with Crippen LogP contribution in [0, 0.1) is 13.8 Å². The molecule has 0 N–H and O–H groups in total. The first-order valence-electron chi connectivity index (χ1n) is 8.94. The van der Waals surface area contributed by atoms with E-state index in [4.69, 9.17) is 4.74 Å². The normalized spacial score (nSPS) is 14.6. The van der Waals surface area contributed by atoms with Gasteiger partial charge in [-0.05, 0) is 31.5 Å². The highest BCUT2D eigenvalue weighted by molar-refractivity contribution is 5.97.